The molecule has 0 spiro atoms. The number of benzene rings is 1. The lowest BCUT2D eigenvalue weighted by atomic mass is 10.2. The number of thiophene rings is 1. The number of rotatable bonds is 3. The highest BCUT2D eigenvalue weighted by Crippen LogP contribution is 2.30. The van der Waals surface area contributed by atoms with Crippen molar-refractivity contribution in [2.45, 2.75) is 6.92 Å². The second kappa shape index (κ2) is 6.57. The van der Waals surface area contributed by atoms with Crippen LogP contribution in [0.4, 0.5) is 5.82 Å². The smallest absolute Gasteiger partial charge is 0.264 e. The molecule has 0 saturated carbocycles. The van der Waals surface area contributed by atoms with E-state index in [9.17, 15) is 9.59 Å². The lowest BCUT2D eigenvalue weighted by Crippen LogP contribution is -2.48. The zero-order valence-electron chi connectivity index (χ0n) is 13.8. The van der Waals surface area contributed by atoms with E-state index in [4.69, 9.17) is 0 Å². The van der Waals surface area contributed by atoms with E-state index in [0.717, 1.165) is 18.9 Å². The Balaban J connectivity index is 1.45. The van der Waals surface area contributed by atoms with Gasteiger partial charge in [-0.25, -0.2) is 0 Å². The quantitative estimate of drug-likeness (QED) is 0.661. The molecule has 1 aliphatic rings. The summed E-state index contributed by atoms with van der Waals surface area (Å²) < 4.78 is 5.78. The van der Waals surface area contributed by atoms with E-state index in [0.29, 0.717) is 22.8 Å². The van der Waals surface area contributed by atoms with Gasteiger partial charge in [0.05, 0.1) is 14.5 Å². The summed E-state index contributed by atoms with van der Waals surface area (Å²) in [4.78, 5) is 29.4. The summed E-state index contributed by atoms with van der Waals surface area (Å²) in [6, 6.07) is 11.7. The number of anilines is 1. The number of Topliss-reactive ketones (excluding diaryl/α,β-unsaturated/α-hetero) is 1. The van der Waals surface area contributed by atoms with Crippen molar-refractivity contribution in [3.63, 3.8) is 0 Å². The van der Waals surface area contributed by atoms with Crippen LogP contribution in [0.5, 0.6) is 0 Å². The lowest BCUT2D eigenvalue weighted by Gasteiger charge is -2.34. The Morgan fingerprint density at radius 2 is 1.72 bits per heavy atom. The van der Waals surface area contributed by atoms with Gasteiger partial charge in [-0.15, -0.1) is 11.3 Å². The van der Waals surface area contributed by atoms with Gasteiger partial charge in [0, 0.05) is 31.6 Å². The fourth-order valence-electron chi connectivity index (χ4n) is 3.02. The highest BCUT2D eigenvalue weighted by atomic mass is 32.1. The van der Waals surface area contributed by atoms with Crippen LogP contribution in [0.2, 0.25) is 0 Å². The zero-order chi connectivity index (χ0) is 17.4. The Kier molecular flexibility index (Phi) is 4.27. The molecule has 1 fully saturated rings. The van der Waals surface area contributed by atoms with Gasteiger partial charge in [0.1, 0.15) is 5.82 Å². The summed E-state index contributed by atoms with van der Waals surface area (Å²) in [6.07, 6.45) is 0. The Labute approximate surface area is 153 Å². The van der Waals surface area contributed by atoms with E-state index in [-0.39, 0.29) is 11.7 Å². The zero-order valence-corrected chi connectivity index (χ0v) is 15.4. The van der Waals surface area contributed by atoms with Gasteiger partial charge in [-0.1, -0.05) is 12.1 Å². The second-order valence-corrected chi connectivity index (χ2v) is 7.89. The SMILES string of the molecule is CC(=O)c1ccc(C(=O)N2CCN(c3nsc4ccccc34)CC2)s1. The monoisotopic (exact) mass is 371 g/mol. The van der Waals surface area contributed by atoms with Crippen molar-refractivity contribution in [3.05, 3.63) is 46.2 Å². The van der Waals surface area contributed by atoms with Crippen molar-refractivity contribution >= 4 is 50.5 Å². The first-order valence-corrected chi connectivity index (χ1v) is 9.72. The van der Waals surface area contributed by atoms with Gasteiger partial charge in [0.25, 0.3) is 5.91 Å². The van der Waals surface area contributed by atoms with Crippen LogP contribution in [0.15, 0.2) is 36.4 Å². The normalized spacial score (nSPS) is 14.9. The lowest BCUT2D eigenvalue weighted by molar-refractivity contribution is 0.0751. The molecule has 7 heteroatoms. The van der Waals surface area contributed by atoms with Crippen LogP contribution >= 0.6 is 22.9 Å². The molecule has 0 aliphatic carbocycles. The second-order valence-electron chi connectivity index (χ2n) is 6.00. The van der Waals surface area contributed by atoms with Crippen LogP contribution in [0.3, 0.4) is 0 Å². The van der Waals surface area contributed by atoms with Crippen molar-refractivity contribution in [2.24, 2.45) is 0 Å². The molecule has 0 atom stereocenters. The molecular formula is C18H17N3O2S2. The number of amides is 1. The van der Waals surface area contributed by atoms with Crippen molar-refractivity contribution in [2.75, 3.05) is 31.1 Å². The van der Waals surface area contributed by atoms with E-state index in [2.05, 4.69) is 21.4 Å². The van der Waals surface area contributed by atoms with E-state index in [1.165, 1.54) is 39.9 Å². The number of fused-ring (bicyclic) bond motifs is 1. The first-order chi connectivity index (χ1) is 12.1. The third-order valence-electron chi connectivity index (χ3n) is 4.39. The molecule has 4 rings (SSSR count). The summed E-state index contributed by atoms with van der Waals surface area (Å²) in [7, 11) is 0. The van der Waals surface area contributed by atoms with Gasteiger partial charge in [0.15, 0.2) is 5.78 Å². The van der Waals surface area contributed by atoms with Crippen LogP contribution in [0.25, 0.3) is 10.1 Å². The molecule has 1 saturated heterocycles. The van der Waals surface area contributed by atoms with E-state index < -0.39 is 0 Å². The molecule has 1 aromatic carbocycles. The third-order valence-corrected chi connectivity index (χ3v) is 6.38. The summed E-state index contributed by atoms with van der Waals surface area (Å²) in [5.41, 5.74) is 0. The third kappa shape index (κ3) is 3.05. The fourth-order valence-corrected chi connectivity index (χ4v) is 4.68. The minimum Gasteiger partial charge on any atom is -0.352 e. The highest BCUT2D eigenvalue weighted by molar-refractivity contribution is 7.16. The van der Waals surface area contributed by atoms with Crippen molar-refractivity contribution in [3.8, 4) is 0 Å². The molecule has 0 N–H and O–H groups in total. The molecule has 5 nitrogen and oxygen atoms in total. The highest BCUT2D eigenvalue weighted by Gasteiger charge is 2.25. The van der Waals surface area contributed by atoms with E-state index in [1.807, 2.05) is 17.0 Å². The average molecular weight is 371 g/mol. The van der Waals surface area contributed by atoms with E-state index >= 15 is 0 Å². The standard InChI is InChI=1S/C18H17N3O2S2/c1-12(22)14-6-7-16(24-14)18(23)21-10-8-20(9-11-21)17-13-4-2-3-5-15(13)25-19-17/h2-7H,8-11H2,1H3. The Morgan fingerprint density at radius 3 is 2.44 bits per heavy atom. The number of piperazine rings is 1. The minimum atomic E-state index is 0.00396. The van der Waals surface area contributed by atoms with Gasteiger partial charge in [-0.05, 0) is 42.7 Å². The van der Waals surface area contributed by atoms with Gasteiger partial charge in [-0.2, -0.15) is 4.37 Å². The first-order valence-electron chi connectivity index (χ1n) is 8.13. The van der Waals surface area contributed by atoms with Crippen LogP contribution in [-0.2, 0) is 0 Å². The summed E-state index contributed by atoms with van der Waals surface area (Å²) in [5.74, 6) is 1.03. The van der Waals surface area contributed by atoms with Crippen LogP contribution in [0.1, 0.15) is 26.3 Å². The van der Waals surface area contributed by atoms with Crippen LogP contribution < -0.4 is 4.90 Å². The molecule has 128 valence electrons. The van der Waals surface area contributed by atoms with Gasteiger partial charge >= 0.3 is 0 Å². The van der Waals surface area contributed by atoms with Crippen LogP contribution in [-0.4, -0.2) is 47.1 Å². The largest absolute Gasteiger partial charge is 0.352 e. The fraction of sp³-hybridized carbons (Fsp3) is 0.278. The molecule has 0 radical (unpaired) electrons. The molecule has 0 bridgehead atoms. The number of ketones is 1. The maximum Gasteiger partial charge on any atom is 0.264 e. The van der Waals surface area contributed by atoms with Gasteiger partial charge in [0.2, 0.25) is 0 Å². The Hall–Kier alpha value is -2.25. The summed E-state index contributed by atoms with van der Waals surface area (Å²) in [5, 5.41) is 1.18. The molecule has 2 aromatic heterocycles. The number of carbonyl (C=O) groups is 2. The molecule has 1 aliphatic heterocycles. The number of aromatic nitrogens is 1. The number of hydrogen-bond donors (Lipinski definition) is 0. The average Bonchev–Trinajstić information content (AvgIpc) is 3.29. The van der Waals surface area contributed by atoms with Gasteiger partial charge < -0.3 is 9.80 Å². The van der Waals surface area contributed by atoms with Crippen molar-refractivity contribution in [1.82, 2.24) is 9.27 Å². The summed E-state index contributed by atoms with van der Waals surface area (Å²) >= 11 is 2.79. The van der Waals surface area contributed by atoms with Crippen LogP contribution in [0, 0.1) is 0 Å². The maximum atomic E-state index is 12.6. The Morgan fingerprint density at radius 1 is 1.00 bits per heavy atom. The maximum absolute atomic E-state index is 12.6. The first kappa shape index (κ1) is 16.2. The van der Waals surface area contributed by atoms with Gasteiger partial charge in [-0.3, -0.25) is 9.59 Å². The number of carbonyl (C=O) groups excluding carboxylic acids is 2. The van der Waals surface area contributed by atoms with Crippen molar-refractivity contribution < 1.29 is 9.59 Å². The number of nitrogens with zero attached hydrogens (tertiary/aromatic N) is 3. The molecule has 0 unspecified atom stereocenters. The molecule has 1 amide bonds. The molecule has 25 heavy (non-hydrogen) atoms. The molecule has 3 heterocycles. The topological polar surface area (TPSA) is 53.5 Å². The Bertz CT molecular complexity index is 939. The van der Waals surface area contributed by atoms with E-state index in [1.54, 1.807) is 12.1 Å². The predicted octanol–water partition coefficient (Wildman–Crippen LogP) is 3.52. The number of hydrogen-bond acceptors (Lipinski definition) is 6. The molecular weight excluding hydrogens is 354 g/mol. The summed E-state index contributed by atoms with van der Waals surface area (Å²) in [6.45, 7) is 4.39. The predicted molar refractivity (Wildman–Crippen MR) is 102 cm³/mol. The molecule has 3 aromatic rings. The van der Waals surface area contributed by atoms with Crippen molar-refractivity contribution in [1.29, 1.82) is 0 Å². The minimum absolute atomic E-state index is 0.00396.